The third-order valence-corrected chi connectivity index (χ3v) is 6.75. The lowest BCUT2D eigenvalue weighted by Gasteiger charge is -2.16. The molecule has 0 aliphatic carbocycles. The summed E-state index contributed by atoms with van der Waals surface area (Å²) in [7, 11) is -3.32. The molecule has 4 heterocycles. The highest BCUT2D eigenvalue weighted by Crippen LogP contribution is 2.22. The van der Waals surface area contributed by atoms with E-state index < -0.39 is 9.84 Å². The molecule has 3 aromatic rings. The van der Waals surface area contributed by atoms with Gasteiger partial charge in [0.15, 0.2) is 21.3 Å². The molecule has 0 amide bonds. The maximum atomic E-state index is 13.1. The number of nitrogens with one attached hydrogen (secondary N) is 1. The fourth-order valence-corrected chi connectivity index (χ4v) is 4.15. The Labute approximate surface area is 177 Å². The van der Waals surface area contributed by atoms with Crippen LogP contribution in [0, 0.1) is 0 Å². The van der Waals surface area contributed by atoms with Crippen molar-refractivity contribution < 1.29 is 13.2 Å². The molecule has 12 heteroatoms. The highest BCUT2D eigenvalue weighted by molar-refractivity contribution is 7.91. The fraction of sp³-hybridized carbons (Fsp3) is 0.389. The van der Waals surface area contributed by atoms with Crippen LogP contribution in [0.1, 0.15) is 25.1 Å². The van der Waals surface area contributed by atoms with Crippen LogP contribution >= 0.6 is 11.6 Å². The Morgan fingerprint density at radius 1 is 1.27 bits per heavy atom. The number of pyridine rings is 1. The minimum Gasteiger partial charge on any atom is -0.379 e. The molecule has 1 aliphatic rings. The van der Waals surface area contributed by atoms with Gasteiger partial charge in [-0.1, -0.05) is 6.92 Å². The normalized spacial score (nSPS) is 16.8. The van der Waals surface area contributed by atoms with Crippen LogP contribution < -0.4 is 10.9 Å². The van der Waals surface area contributed by atoms with Crippen LogP contribution in [0.25, 0.3) is 11.2 Å². The predicted molar refractivity (Wildman–Crippen MR) is 110 cm³/mol. The number of sulfone groups is 1. The lowest BCUT2D eigenvalue weighted by atomic mass is 10.2. The van der Waals surface area contributed by atoms with Crippen molar-refractivity contribution in [3.8, 4) is 0 Å². The van der Waals surface area contributed by atoms with Crippen molar-refractivity contribution in [3.05, 3.63) is 45.9 Å². The molecular weight excluding hydrogens is 432 g/mol. The van der Waals surface area contributed by atoms with Crippen LogP contribution in [0.3, 0.4) is 0 Å². The molecule has 1 N–H and O–H groups in total. The number of nitrogens with zero attached hydrogens (tertiary/aromatic N) is 5. The maximum absolute atomic E-state index is 13.1. The van der Waals surface area contributed by atoms with Gasteiger partial charge in [0.2, 0.25) is 5.28 Å². The summed E-state index contributed by atoms with van der Waals surface area (Å²) in [6.45, 7) is 2.72. The van der Waals surface area contributed by atoms with Gasteiger partial charge < -0.3 is 10.1 Å². The quantitative estimate of drug-likeness (QED) is 0.556. The molecule has 1 saturated heterocycles. The summed E-state index contributed by atoms with van der Waals surface area (Å²) in [6.07, 6.45) is 3.45. The van der Waals surface area contributed by atoms with Gasteiger partial charge in [-0.15, -0.1) is 0 Å². The molecule has 0 spiro atoms. The minimum atomic E-state index is -3.32. The first kappa shape index (κ1) is 20.6. The predicted octanol–water partition coefficient (Wildman–Crippen LogP) is 1.60. The first-order valence-electron chi connectivity index (χ1n) is 9.33. The van der Waals surface area contributed by atoms with E-state index in [1.807, 2.05) is 0 Å². The van der Waals surface area contributed by atoms with Crippen LogP contribution in [0.2, 0.25) is 5.28 Å². The van der Waals surface area contributed by atoms with E-state index in [2.05, 4.69) is 25.3 Å². The molecular formula is C18H19ClN6O4S. The van der Waals surface area contributed by atoms with Crippen molar-refractivity contribution in [2.75, 3.05) is 24.3 Å². The van der Waals surface area contributed by atoms with Gasteiger partial charge in [0.1, 0.15) is 5.52 Å². The van der Waals surface area contributed by atoms with Crippen molar-refractivity contribution in [3.63, 3.8) is 0 Å². The summed E-state index contributed by atoms with van der Waals surface area (Å²) in [6, 6.07) is 2.93. The standard InChI is InChI=1S/C18H19ClN6O4S/c1-2-30(27,28)13-4-3-11(20-8-13)7-21-15-17(26)25(12-5-6-29-10-12)16-14(23-15)9-22-18(19)24-16/h3-4,8-9,12H,2,5-7,10H2,1H3,(H,21,23). The van der Waals surface area contributed by atoms with Crippen molar-refractivity contribution >= 4 is 38.4 Å². The summed E-state index contributed by atoms with van der Waals surface area (Å²) >= 11 is 5.92. The van der Waals surface area contributed by atoms with E-state index in [4.69, 9.17) is 16.3 Å². The molecule has 1 aliphatic heterocycles. The monoisotopic (exact) mass is 450 g/mol. The number of anilines is 1. The Bertz CT molecular complexity index is 1240. The van der Waals surface area contributed by atoms with E-state index in [0.717, 1.165) is 0 Å². The van der Waals surface area contributed by atoms with E-state index in [9.17, 15) is 13.2 Å². The highest BCUT2D eigenvalue weighted by Gasteiger charge is 2.24. The number of halogens is 1. The number of hydrogen-bond acceptors (Lipinski definition) is 9. The van der Waals surface area contributed by atoms with E-state index >= 15 is 0 Å². The Morgan fingerprint density at radius 3 is 2.77 bits per heavy atom. The van der Waals surface area contributed by atoms with Crippen LogP contribution in [0.5, 0.6) is 0 Å². The SMILES string of the molecule is CCS(=O)(=O)c1ccc(CNc2nc3cnc(Cl)nc3n(C3CCOC3)c2=O)nc1. The molecule has 1 unspecified atom stereocenters. The number of aromatic nitrogens is 5. The van der Waals surface area contributed by atoms with Crippen LogP contribution in [-0.4, -0.2) is 51.9 Å². The van der Waals surface area contributed by atoms with Crippen molar-refractivity contribution in [1.82, 2.24) is 24.5 Å². The van der Waals surface area contributed by atoms with Gasteiger partial charge in [0.25, 0.3) is 5.56 Å². The molecule has 3 aromatic heterocycles. The lowest BCUT2D eigenvalue weighted by molar-refractivity contribution is 0.186. The van der Waals surface area contributed by atoms with Crippen LogP contribution in [0.15, 0.2) is 34.2 Å². The largest absolute Gasteiger partial charge is 0.379 e. The van der Waals surface area contributed by atoms with Gasteiger partial charge in [-0.3, -0.25) is 14.3 Å². The fourth-order valence-electron chi connectivity index (χ4n) is 3.20. The highest BCUT2D eigenvalue weighted by atomic mass is 35.5. The second-order valence-corrected chi connectivity index (χ2v) is 9.36. The van der Waals surface area contributed by atoms with E-state index in [0.29, 0.717) is 36.5 Å². The smallest absolute Gasteiger partial charge is 0.295 e. The Balaban J connectivity index is 1.65. The minimum absolute atomic E-state index is 0.00377. The van der Waals surface area contributed by atoms with Gasteiger partial charge in [0, 0.05) is 12.8 Å². The molecule has 4 rings (SSSR count). The van der Waals surface area contributed by atoms with Crippen LogP contribution in [-0.2, 0) is 21.1 Å². The number of fused-ring (bicyclic) bond motifs is 1. The zero-order valence-corrected chi connectivity index (χ0v) is 17.6. The Kier molecular flexibility index (Phi) is 5.67. The molecule has 0 bridgehead atoms. The van der Waals surface area contributed by atoms with E-state index in [1.165, 1.54) is 23.0 Å². The third-order valence-electron chi connectivity index (χ3n) is 4.85. The average Bonchev–Trinajstić information content (AvgIpc) is 3.27. The number of hydrogen-bond donors (Lipinski definition) is 1. The van der Waals surface area contributed by atoms with Gasteiger partial charge in [-0.25, -0.2) is 18.4 Å². The number of ether oxygens (including phenoxy) is 1. The van der Waals surface area contributed by atoms with Gasteiger partial charge >= 0.3 is 0 Å². The number of rotatable bonds is 6. The lowest BCUT2D eigenvalue weighted by Crippen LogP contribution is -2.30. The van der Waals surface area contributed by atoms with Gasteiger partial charge in [0.05, 0.1) is 41.7 Å². The molecule has 0 radical (unpaired) electrons. The molecule has 30 heavy (non-hydrogen) atoms. The van der Waals surface area contributed by atoms with Crippen molar-refractivity contribution in [2.45, 2.75) is 30.8 Å². The Hall–Kier alpha value is -2.63. The molecule has 1 fully saturated rings. The topological polar surface area (TPSA) is 129 Å². The second kappa shape index (κ2) is 8.25. The molecule has 1 atom stereocenters. The summed E-state index contributed by atoms with van der Waals surface area (Å²) < 4.78 is 30.8. The molecule has 158 valence electrons. The average molecular weight is 451 g/mol. The van der Waals surface area contributed by atoms with Crippen molar-refractivity contribution in [1.29, 1.82) is 0 Å². The maximum Gasteiger partial charge on any atom is 0.295 e. The Morgan fingerprint density at radius 2 is 2.10 bits per heavy atom. The first-order chi connectivity index (χ1) is 14.4. The summed E-state index contributed by atoms with van der Waals surface area (Å²) in [5.74, 6) is 0.122. The summed E-state index contributed by atoms with van der Waals surface area (Å²) in [5.41, 5.74) is 0.992. The zero-order valence-electron chi connectivity index (χ0n) is 16.1. The van der Waals surface area contributed by atoms with E-state index in [1.54, 1.807) is 13.0 Å². The van der Waals surface area contributed by atoms with Crippen molar-refractivity contribution in [2.24, 2.45) is 0 Å². The molecule has 0 aromatic carbocycles. The summed E-state index contributed by atoms with van der Waals surface area (Å²) in [5, 5.41) is 3.02. The zero-order chi connectivity index (χ0) is 21.3. The summed E-state index contributed by atoms with van der Waals surface area (Å²) in [4.78, 5) is 29.9. The second-order valence-electron chi connectivity index (χ2n) is 6.74. The molecule has 0 saturated carbocycles. The van der Waals surface area contributed by atoms with Gasteiger partial charge in [-0.2, -0.15) is 4.98 Å². The van der Waals surface area contributed by atoms with E-state index in [-0.39, 0.29) is 39.9 Å². The first-order valence-corrected chi connectivity index (χ1v) is 11.4. The van der Waals surface area contributed by atoms with Crippen LogP contribution in [0.4, 0.5) is 5.82 Å². The third kappa shape index (κ3) is 4.00. The van der Waals surface area contributed by atoms with Gasteiger partial charge in [-0.05, 0) is 30.2 Å². The molecule has 10 nitrogen and oxygen atoms in total.